The number of benzene rings is 2. The highest BCUT2D eigenvalue weighted by atomic mass is 79.9. The minimum absolute atomic E-state index is 0.00585. The molecule has 1 N–H and O–H groups in total. The van der Waals surface area contributed by atoms with E-state index in [1.165, 1.54) is 0 Å². The van der Waals surface area contributed by atoms with Gasteiger partial charge in [0.05, 0.1) is 6.10 Å². The van der Waals surface area contributed by atoms with Crippen molar-refractivity contribution in [2.75, 3.05) is 0 Å². The predicted molar refractivity (Wildman–Crippen MR) is 74.1 cm³/mol. The summed E-state index contributed by atoms with van der Waals surface area (Å²) in [5.41, 5.74) is 0.273. The van der Waals surface area contributed by atoms with Gasteiger partial charge in [0.15, 0.2) is 11.6 Å². The van der Waals surface area contributed by atoms with Crippen LogP contribution in [0, 0.1) is 17.5 Å². The summed E-state index contributed by atoms with van der Waals surface area (Å²) >= 11 is 9.23. The number of hydrogen-bond acceptors (Lipinski definition) is 1. The van der Waals surface area contributed by atoms with Gasteiger partial charge in [-0.05, 0) is 23.8 Å². The third-order valence-corrected chi connectivity index (χ3v) is 3.67. The van der Waals surface area contributed by atoms with E-state index in [1.54, 1.807) is 18.2 Å². The maximum Gasteiger partial charge on any atom is 0.161 e. The second-order valence-corrected chi connectivity index (χ2v) is 5.57. The normalized spacial score (nSPS) is 12.5. The quantitative estimate of drug-likeness (QED) is 0.775. The summed E-state index contributed by atoms with van der Waals surface area (Å²) in [7, 11) is 0. The molecule has 20 heavy (non-hydrogen) atoms. The van der Waals surface area contributed by atoms with E-state index in [-0.39, 0.29) is 12.0 Å². The standard InChI is InChI=1S/C14H9BrClF3O/c15-8-2-1-7(10(16)4-8)3-14(20)9-5-12(18)13(19)6-11(9)17/h1-2,4-6,14,20H,3H2. The highest BCUT2D eigenvalue weighted by Gasteiger charge is 2.18. The van der Waals surface area contributed by atoms with Crippen LogP contribution in [-0.4, -0.2) is 5.11 Å². The number of aliphatic hydroxyl groups excluding tert-OH is 1. The van der Waals surface area contributed by atoms with Crippen LogP contribution < -0.4 is 0 Å². The zero-order chi connectivity index (χ0) is 14.9. The van der Waals surface area contributed by atoms with E-state index in [0.717, 1.165) is 4.47 Å². The molecule has 0 heterocycles. The van der Waals surface area contributed by atoms with Crippen LogP contribution in [0.4, 0.5) is 13.2 Å². The number of rotatable bonds is 3. The smallest absolute Gasteiger partial charge is 0.161 e. The zero-order valence-corrected chi connectivity index (χ0v) is 12.4. The Balaban J connectivity index is 2.28. The molecule has 0 radical (unpaired) electrons. The van der Waals surface area contributed by atoms with Crippen LogP contribution in [0.15, 0.2) is 34.8 Å². The molecule has 0 aliphatic rings. The largest absolute Gasteiger partial charge is 0.388 e. The third kappa shape index (κ3) is 3.34. The molecule has 0 saturated heterocycles. The topological polar surface area (TPSA) is 20.2 Å². The van der Waals surface area contributed by atoms with Gasteiger partial charge >= 0.3 is 0 Å². The minimum Gasteiger partial charge on any atom is -0.388 e. The van der Waals surface area contributed by atoms with Crippen LogP contribution in [0.5, 0.6) is 0 Å². The Morgan fingerprint density at radius 3 is 2.35 bits per heavy atom. The minimum atomic E-state index is -1.32. The van der Waals surface area contributed by atoms with Crippen molar-refractivity contribution >= 4 is 27.5 Å². The first kappa shape index (κ1) is 15.4. The Labute approximate surface area is 127 Å². The average Bonchev–Trinajstić information content (AvgIpc) is 2.37. The highest BCUT2D eigenvalue weighted by molar-refractivity contribution is 9.10. The monoisotopic (exact) mass is 364 g/mol. The molecule has 1 unspecified atom stereocenters. The van der Waals surface area contributed by atoms with E-state index in [0.29, 0.717) is 22.7 Å². The number of halogens is 5. The van der Waals surface area contributed by atoms with Gasteiger partial charge < -0.3 is 5.11 Å². The lowest BCUT2D eigenvalue weighted by Crippen LogP contribution is -2.06. The Morgan fingerprint density at radius 2 is 1.70 bits per heavy atom. The van der Waals surface area contributed by atoms with Crippen LogP contribution in [0.3, 0.4) is 0 Å². The maximum absolute atomic E-state index is 13.5. The van der Waals surface area contributed by atoms with Gasteiger partial charge in [0.25, 0.3) is 0 Å². The molecule has 0 spiro atoms. The van der Waals surface area contributed by atoms with E-state index in [1.807, 2.05) is 0 Å². The summed E-state index contributed by atoms with van der Waals surface area (Å²) in [6.45, 7) is 0. The summed E-state index contributed by atoms with van der Waals surface area (Å²) in [5.74, 6) is -3.49. The van der Waals surface area contributed by atoms with Crippen LogP contribution >= 0.6 is 27.5 Å². The Bertz CT molecular complexity index is 649. The summed E-state index contributed by atoms with van der Waals surface area (Å²) in [5, 5.41) is 10.4. The molecule has 2 aromatic rings. The molecule has 0 aromatic heterocycles. The first-order valence-corrected chi connectivity index (χ1v) is 6.82. The Morgan fingerprint density at radius 1 is 1.05 bits per heavy atom. The van der Waals surface area contributed by atoms with Crippen molar-refractivity contribution in [1.29, 1.82) is 0 Å². The molecule has 2 rings (SSSR count). The maximum atomic E-state index is 13.5. The van der Waals surface area contributed by atoms with Crippen LogP contribution in [0.25, 0.3) is 0 Å². The van der Waals surface area contributed by atoms with Gasteiger partial charge in [0, 0.05) is 27.5 Å². The van der Waals surface area contributed by atoms with E-state index in [2.05, 4.69) is 15.9 Å². The van der Waals surface area contributed by atoms with Crippen molar-refractivity contribution in [2.24, 2.45) is 0 Å². The highest BCUT2D eigenvalue weighted by Crippen LogP contribution is 2.28. The van der Waals surface area contributed by atoms with E-state index in [4.69, 9.17) is 11.6 Å². The van der Waals surface area contributed by atoms with E-state index >= 15 is 0 Å². The predicted octanol–water partition coefficient (Wildman–Crippen LogP) is 4.80. The summed E-state index contributed by atoms with van der Waals surface area (Å²) < 4.78 is 40.2. The fraction of sp³-hybridized carbons (Fsp3) is 0.143. The molecule has 2 aromatic carbocycles. The molecular formula is C14H9BrClF3O. The van der Waals surface area contributed by atoms with Gasteiger partial charge in [-0.25, -0.2) is 13.2 Å². The lowest BCUT2D eigenvalue weighted by molar-refractivity contribution is 0.172. The molecule has 1 atom stereocenters. The fourth-order valence-electron chi connectivity index (χ4n) is 1.80. The second-order valence-electron chi connectivity index (χ2n) is 4.24. The van der Waals surface area contributed by atoms with Crippen LogP contribution in [-0.2, 0) is 6.42 Å². The third-order valence-electron chi connectivity index (χ3n) is 2.83. The van der Waals surface area contributed by atoms with Gasteiger partial charge in [0.1, 0.15) is 5.82 Å². The van der Waals surface area contributed by atoms with Crippen molar-refractivity contribution < 1.29 is 18.3 Å². The first-order valence-electron chi connectivity index (χ1n) is 5.65. The van der Waals surface area contributed by atoms with Crippen LogP contribution in [0.1, 0.15) is 17.2 Å². The zero-order valence-electron chi connectivity index (χ0n) is 10.0. The van der Waals surface area contributed by atoms with Crippen molar-refractivity contribution in [3.05, 3.63) is 68.4 Å². The molecule has 106 valence electrons. The molecule has 0 saturated carbocycles. The molecule has 0 bridgehead atoms. The van der Waals surface area contributed by atoms with E-state index < -0.39 is 23.6 Å². The lowest BCUT2D eigenvalue weighted by atomic mass is 10.0. The first-order chi connectivity index (χ1) is 9.38. The van der Waals surface area contributed by atoms with Gasteiger partial charge in [-0.15, -0.1) is 0 Å². The summed E-state index contributed by atoms with van der Waals surface area (Å²) in [6, 6.07) is 6.08. The molecular weight excluding hydrogens is 357 g/mol. The SMILES string of the molecule is OC(Cc1ccc(Br)cc1Cl)c1cc(F)c(F)cc1F. The molecule has 6 heteroatoms. The molecule has 0 aliphatic carbocycles. The molecule has 0 aliphatic heterocycles. The fourth-order valence-corrected chi connectivity index (χ4v) is 2.55. The van der Waals surface area contributed by atoms with Crippen molar-refractivity contribution in [2.45, 2.75) is 12.5 Å². The molecule has 0 amide bonds. The summed E-state index contributed by atoms with van der Waals surface area (Å²) in [4.78, 5) is 0. The number of aliphatic hydroxyl groups is 1. The van der Waals surface area contributed by atoms with Crippen molar-refractivity contribution in [3.8, 4) is 0 Å². The Kier molecular flexibility index (Phi) is 4.73. The lowest BCUT2D eigenvalue weighted by Gasteiger charge is -2.13. The molecule has 0 fully saturated rings. The van der Waals surface area contributed by atoms with Crippen LogP contribution in [0.2, 0.25) is 5.02 Å². The van der Waals surface area contributed by atoms with Crippen molar-refractivity contribution in [1.82, 2.24) is 0 Å². The molecule has 1 nitrogen and oxygen atoms in total. The van der Waals surface area contributed by atoms with Gasteiger partial charge in [-0.2, -0.15) is 0 Å². The average molecular weight is 366 g/mol. The van der Waals surface area contributed by atoms with Crippen molar-refractivity contribution in [3.63, 3.8) is 0 Å². The van der Waals surface area contributed by atoms with Gasteiger partial charge in [-0.1, -0.05) is 33.6 Å². The summed E-state index contributed by atoms with van der Waals surface area (Å²) in [6.07, 6.45) is -1.32. The van der Waals surface area contributed by atoms with E-state index in [9.17, 15) is 18.3 Å². The van der Waals surface area contributed by atoms with Gasteiger partial charge in [0.2, 0.25) is 0 Å². The number of hydrogen-bond donors (Lipinski definition) is 1. The Hall–Kier alpha value is -1.04. The van der Waals surface area contributed by atoms with Gasteiger partial charge in [-0.3, -0.25) is 0 Å². The second kappa shape index (κ2) is 6.16.